The van der Waals surface area contributed by atoms with Gasteiger partial charge in [-0.2, -0.15) is 0 Å². The van der Waals surface area contributed by atoms with Gasteiger partial charge in [-0.15, -0.1) is 0 Å². The molecule has 0 radical (unpaired) electrons. The molecule has 104 valence electrons. The van der Waals surface area contributed by atoms with Crippen molar-refractivity contribution in [2.45, 2.75) is 38.8 Å². The number of likely N-dealkylation sites (N-methyl/N-ethyl adjacent to an activating group) is 1. The van der Waals surface area contributed by atoms with Crippen molar-refractivity contribution in [1.29, 1.82) is 0 Å². The molecule has 1 aliphatic heterocycles. The van der Waals surface area contributed by atoms with E-state index in [-0.39, 0.29) is 11.9 Å². The van der Waals surface area contributed by atoms with Gasteiger partial charge >= 0.3 is 0 Å². The summed E-state index contributed by atoms with van der Waals surface area (Å²) in [6.07, 6.45) is 1.21. The summed E-state index contributed by atoms with van der Waals surface area (Å²) in [5.74, 6) is 0.0358. The Bertz CT molecular complexity index is 448. The van der Waals surface area contributed by atoms with Crippen LogP contribution in [0.1, 0.15) is 38.4 Å². The highest BCUT2D eigenvalue weighted by Gasteiger charge is 2.27. The van der Waals surface area contributed by atoms with Crippen LogP contribution in [0.5, 0.6) is 0 Å². The van der Waals surface area contributed by atoms with Gasteiger partial charge in [-0.1, -0.05) is 18.2 Å². The minimum atomic E-state index is -0.428. The van der Waals surface area contributed by atoms with E-state index in [1.165, 1.54) is 0 Å². The summed E-state index contributed by atoms with van der Waals surface area (Å²) in [7, 11) is 0. The Balaban J connectivity index is 2.30. The van der Waals surface area contributed by atoms with E-state index in [0.29, 0.717) is 6.54 Å². The van der Waals surface area contributed by atoms with E-state index in [2.05, 4.69) is 10.2 Å². The van der Waals surface area contributed by atoms with Gasteiger partial charge in [0.05, 0.1) is 6.10 Å². The number of amides is 1. The third-order valence-corrected chi connectivity index (χ3v) is 3.68. The molecule has 19 heavy (non-hydrogen) atoms. The third kappa shape index (κ3) is 2.89. The summed E-state index contributed by atoms with van der Waals surface area (Å²) >= 11 is 0. The van der Waals surface area contributed by atoms with Crippen molar-refractivity contribution in [3.8, 4) is 0 Å². The molecule has 0 saturated heterocycles. The van der Waals surface area contributed by atoms with Gasteiger partial charge in [-0.05, 0) is 32.8 Å². The molecule has 0 saturated carbocycles. The highest BCUT2D eigenvalue weighted by molar-refractivity contribution is 5.85. The predicted octanol–water partition coefficient (Wildman–Crippen LogP) is 1.84. The second kappa shape index (κ2) is 6.06. The monoisotopic (exact) mass is 262 g/mol. The lowest BCUT2D eigenvalue weighted by molar-refractivity contribution is -0.121. The largest absolute Gasteiger partial charge is 0.388 e. The van der Waals surface area contributed by atoms with Gasteiger partial charge in [0.2, 0.25) is 5.91 Å². The maximum atomic E-state index is 12.0. The average Bonchev–Trinajstić information content (AvgIpc) is 2.58. The molecule has 0 aromatic heterocycles. The first-order chi connectivity index (χ1) is 9.15. The molecule has 2 N–H and O–H groups in total. The lowest BCUT2D eigenvalue weighted by Gasteiger charge is -2.30. The number of aliphatic hydroxyl groups is 1. The highest BCUT2D eigenvalue weighted by atomic mass is 16.3. The van der Waals surface area contributed by atoms with Crippen molar-refractivity contribution in [3.63, 3.8) is 0 Å². The Morgan fingerprint density at radius 1 is 1.53 bits per heavy atom. The Kier molecular flexibility index (Phi) is 4.43. The predicted molar refractivity (Wildman–Crippen MR) is 76.1 cm³/mol. The fourth-order valence-corrected chi connectivity index (χ4v) is 2.63. The lowest BCUT2D eigenvalue weighted by Crippen LogP contribution is -2.45. The number of nitrogens with zero attached hydrogens (tertiary/aromatic N) is 1. The molecule has 1 aromatic rings. The molecule has 0 aliphatic carbocycles. The van der Waals surface area contributed by atoms with Crippen LogP contribution in [0.3, 0.4) is 0 Å². The Labute approximate surface area is 114 Å². The van der Waals surface area contributed by atoms with E-state index < -0.39 is 6.10 Å². The Hall–Kier alpha value is -1.55. The van der Waals surface area contributed by atoms with Crippen LogP contribution in [0.4, 0.5) is 5.69 Å². The zero-order chi connectivity index (χ0) is 13.8. The topological polar surface area (TPSA) is 52.6 Å². The molecule has 1 amide bonds. The molecule has 1 heterocycles. The molecule has 0 spiro atoms. The van der Waals surface area contributed by atoms with Gasteiger partial charge in [-0.3, -0.25) is 4.79 Å². The van der Waals surface area contributed by atoms with Crippen LogP contribution < -0.4 is 10.2 Å². The zero-order valence-corrected chi connectivity index (χ0v) is 11.6. The van der Waals surface area contributed by atoms with Crippen LogP contribution in [-0.2, 0) is 4.79 Å². The van der Waals surface area contributed by atoms with Gasteiger partial charge in [0.15, 0.2) is 0 Å². The number of fused-ring (bicyclic) bond motifs is 1. The van der Waals surface area contributed by atoms with E-state index in [1.807, 2.05) is 38.1 Å². The minimum absolute atomic E-state index is 0.0358. The van der Waals surface area contributed by atoms with Crippen molar-refractivity contribution in [2.75, 3.05) is 18.0 Å². The molecule has 0 fully saturated rings. The zero-order valence-electron chi connectivity index (χ0n) is 11.6. The first-order valence-corrected chi connectivity index (χ1v) is 6.96. The molecule has 2 rings (SSSR count). The van der Waals surface area contributed by atoms with Gasteiger partial charge < -0.3 is 15.3 Å². The minimum Gasteiger partial charge on any atom is -0.388 e. The average molecular weight is 262 g/mol. The number of aliphatic hydroxyl groups excluding tert-OH is 1. The number of para-hydroxylation sites is 1. The van der Waals surface area contributed by atoms with E-state index in [0.717, 1.165) is 30.6 Å². The number of hydrogen-bond donors (Lipinski definition) is 2. The summed E-state index contributed by atoms with van der Waals surface area (Å²) in [4.78, 5) is 14.1. The summed E-state index contributed by atoms with van der Waals surface area (Å²) < 4.78 is 0. The maximum absolute atomic E-state index is 12.0. The SMILES string of the molecule is CCNC(=O)C(C)N1CCCC(O)c2ccccc21. The van der Waals surface area contributed by atoms with Crippen molar-refractivity contribution in [3.05, 3.63) is 29.8 Å². The van der Waals surface area contributed by atoms with Gasteiger partial charge in [-0.25, -0.2) is 0 Å². The van der Waals surface area contributed by atoms with Gasteiger partial charge in [0, 0.05) is 24.3 Å². The summed E-state index contributed by atoms with van der Waals surface area (Å²) in [5, 5.41) is 13.0. The van der Waals surface area contributed by atoms with Crippen LogP contribution in [0.2, 0.25) is 0 Å². The van der Waals surface area contributed by atoms with E-state index in [4.69, 9.17) is 0 Å². The first-order valence-electron chi connectivity index (χ1n) is 6.96. The molecule has 0 bridgehead atoms. The highest BCUT2D eigenvalue weighted by Crippen LogP contribution is 2.33. The summed E-state index contributed by atoms with van der Waals surface area (Å²) in [6, 6.07) is 7.60. The number of nitrogens with one attached hydrogen (secondary N) is 1. The van der Waals surface area contributed by atoms with E-state index in [9.17, 15) is 9.90 Å². The summed E-state index contributed by atoms with van der Waals surface area (Å²) in [5.41, 5.74) is 1.91. The molecule has 1 aromatic carbocycles. The number of anilines is 1. The third-order valence-electron chi connectivity index (χ3n) is 3.68. The van der Waals surface area contributed by atoms with E-state index >= 15 is 0 Å². The molecule has 1 aliphatic rings. The molecule has 4 nitrogen and oxygen atoms in total. The second-order valence-electron chi connectivity index (χ2n) is 4.98. The Morgan fingerprint density at radius 2 is 2.26 bits per heavy atom. The Morgan fingerprint density at radius 3 is 3.00 bits per heavy atom. The van der Waals surface area contributed by atoms with Crippen molar-refractivity contribution in [2.24, 2.45) is 0 Å². The quantitative estimate of drug-likeness (QED) is 0.874. The molecular formula is C15H22N2O2. The molecule has 2 atom stereocenters. The van der Waals surface area contributed by atoms with Crippen LogP contribution >= 0.6 is 0 Å². The summed E-state index contributed by atoms with van der Waals surface area (Å²) in [6.45, 7) is 5.28. The van der Waals surface area contributed by atoms with Crippen LogP contribution in [0.15, 0.2) is 24.3 Å². The van der Waals surface area contributed by atoms with Crippen molar-refractivity contribution in [1.82, 2.24) is 5.32 Å². The second-order valence-corrected chi connectivity index (χ2v) is 4.98. The molecule has 2 unspecified atom stereocenters. The van der Waals surface area contributed by atoms with Crippen molar-refractivity contribution >= 4 is 11.6 Å². The fraction of sp³-hybridized carbons (Fsp3) is 0.533. The van der Waals surface area contributed by atoms with Gasteiger partial charge in [0.25, 0.3) is 0 Å². The first kappa shape index (κ1) is 13.9. The normalized spacial score (nSPS) is 20.4. The molecule has 4 heteroatoms. The number of carbonyl (C=O) groups excluding carboxylic acids is 1. The lowest BCUT2D eigenvalue weighted by atomic mass is 10.0. The van der Waals surface area contributed by atoms with Crippen LogP contribution in [0, 0.1) is 0 Å². The number of hydrogen-bond acceptors (Lipinski definition) is 3. The van der Waals surface area contributed by atoms with Crippen molar-refractivity contribution < 1.29 is 9.90 Å². The van der Waals surface area contributed by atoms with E-state index in [1.54, 1.807) is 0 Å². The molecular weight excluding hydrogens is 240 g/mol. The standard InChI is InChI=1S/C15H22N2O2/c1-3-16-15(19)11(2)17-10-6-9-14(18)12-7-4-5-8-13(12)17/h4-5,7-8,11,14,18H,3,6,9-10H2,1-2H3,(H,16,19). The van der Waals surface area contributed by atoms with Crippen LogP contribution in [0.25, 0.3) is 0 Å². The van der Waals surface area contributed by atoms with Gasteiger partial charge in [0.1, 0.15) is 6.04 Å². The smallest absolute Gasteiger partial charge is 0.242 e. The maximum Gasteiger partial charge on any atom is 0.242 e. The number of benzene rings is 1. The fourth-order valence-electron chi connectivity index (χ4n) is 2.63. The number of rotatable bonds is 3. The van der Waals surface area contributed by atoms with Crippen LogP contribution in [-0.4, -0.2) is 30.1 Å². The number of carbonyl (C=O) groups is 1.